The molecule has 0 spiro atoms. The zero-order valence-electron chi connectivity index (χ0n) is 52.4. The van der Waals surface area contributed by atoms with Crippen molar-refractivity contribution >= 4 is 39.5 Å². The molecule has 0 aromatic rings. The SMILES string of the molecule is CCC(C)CCCCCCCCCCC(=O)OC[C@H](COP(=O)(O)OC[C@@H](O)COP(=O)(O)OC[C@@H](COC(=O)CCCCCCCCC(C)C)OC(=O)CCCCCCCCCC(C)C)OC(=O)CCCCCCCCC(C)CC. The molecule has 7 atom stereocenters. The highest BCUT2D eigenvalue weighted by atomic mass is 31.2. The van der Waals surface area contributed by atoms with Crippen LogP contribution in [0.1, 0.15) is 293 Å². The number of rotatable bonds is 59. The Morgan fingerprint density at radius 2 is 0.593 bits per heavy atom. The summed E-state index contributed by atoms with van der Waals surface area (Å²) in [4.78, 5) is 72.1. The molecule has 0 saturated carbocycles. The topological polar surface area (TPSA) is 237 Å². The monoisotopic (exact) mass is 1200 g/mol. The molecule has 0 aliphatic heterocycles. The van der Waals surface area contributed by atoms with Crippen molar-refractivity contribution < 1.29 is 80.2 Å². The quantitative estimate of drug-likeness (QED) is 0.0222. The van der Waals surface area contributed by atoms with E-state index in [4.69, 9.17) is 37.0 Å². The standard InChI is InChI=1S/C62H120O17P2/c1-9-54(7)40-32-24-15-11-12-16-26-34-42-59(64)72-48-58(79-62(67)45-37-29-21-19-25-33-41-55(8)10-2)51-77-81(70,71)75-47-56(63)46-74-80(68,69)76-50-57(49-73-60(65)43-35-27-20-18-23-31-39-53(5)6)78-61(66)44-36-28-17-13-14-22-30-38-52(3)4/h52-58,63H,9-51H2,1-8H3,(H,68,69)(H,70,71)/t54?,55?,56-,57+,58+/m0/s1. The fourth-order valence-corrected chi connectivity index (χ4v) is 10.6. The number of carbonyl (C=O) groups is 4. The summed E-state index contributed by atoms with van der Waals surface area (Å²) in [6, 6.07) is 0. The maximum atomic E-state index is 12.9. The molecule has 480 valence electrons. The van der Waals surface area contributed by atoms with Crippen molar-refractivity contribution in [1.82, 2.24) is 0 Å². The van der Waals surface area contributed by atoms with Gasteiger partial charge in [-0.3, -0.25) is 37.3 Å². The van der Waals surface area contributed by atoms with Crippen LogP contribution in [0, 0.1) is 23.7 Å². The van der Waals surface area contributed by atoms with Gasteiger partial charge in [0.05, 0.1) is 26.4 Å². The van der Waals surface area contributed by atoms with Crippen LogP contribution in [-0.4, -0.2) is 96.7 Å². The summed E-state index contributed by atoms with van der Waals surface area (Å²) in [5.74, 6) is 0.725. The van der Waals surface area contributed by atoms with Gasteiger partial charge in [0.2, 0.25) is 0 Å². The Morgan fingerprint density at radius 1 is 0.346 bits per heavy atom. The van der Waals surface area contributed by atoms with Gasteiger partial charge in [-0.15, -0.1) is 0 Å². The van der Waals surface area contributed by atoms with Crippen molar-refractivity contribution in [3.05, 3.63) is 0 Å². The molecule has 0 saturated heterocycles. The second-order valence-corrected chi connectivity index (χ2v) is 26.8. The Balaban J connectivity index is 5.25. The predicted molar refractivity (Wildman–Crippen MR) is 321 cm³/mol. The lowest BCUT2D eigenvalue weighted by Gasteiger charge is -2.21. The first kappa shape index (κ1) is 79.1. The minimum Gasteiger partial charge on any atom is -0.462 e. The molecule has 17 nitrogen and oxygen atoms in total. The molecule has 0 radical (unpaired) electrons. The molecule has 81 heavy (non-hydrogen) atoms. The minimum atomic E-state index is -4.94. The number of carbonyl (C=O) groups excluding carboxylic acids is 4. The number of hydrogen-bond acceptors (Lipinski definition) is 15. The molecule has 0 rings (SSSR count). The Kier molecular flexibility index (Phi) is 51.1. The highest BCUT2D eigenvalue weighted by Gasteiger charge is 2.30. The molecule has 0 aromatic heterocycles. The van der Waals surface area contributed by atoms with Crippen LogP contribution >= 0.6 is 15.6 Å². The number of unbranched alkanes of at least 4 members (excludes halogenated alkanes) is 23. The van der Waals surface area contributed by atoms with Crippen LogP contribution in [0.3, 0.4) is 0 Å². The van der Waals surface area contributed by atoms with Gasteiger partial charge in [-0.1, -0.05) is 242 Å². The molecule has 0 aromatic carbocycles. The Morgan fingerprint density at radius 3 is 0.877 bits per heavy atom. The molecule has 3 N–H and O–H groups in total. The van der Waals surface area contributed by atoms with Crippen LogP contribution in [0.4, 0.5) is 0 Å². The molecule has 4 unspecified atom stereocenters. The van der Waals surface area contributed by atoms with Crippen LogP contribution in [0.2, 0.25) is 0 Å². The molecule has 0 heterocycles. The molecule has 0 amide bonds. The number of aliphatic hydroxyl groups excluding tert-OH is 1. The summed E-state index contributed by atoms with van der Waals surface area (Å²) in [6.45, 7) is 13.9. The first-order chi connectivity index (χ1) is 38.7. The van der Waals surface area contributed by atoms with Gasteiger partial charge in [0.15, 0.2) is 12.2 Å². The van der Waals surface area contributed by atoms with Gasteiger partial charge < -0.3 is 33.8 Å². The van der Waals surface area contributed by atoms with Crippen molar-refractivity contribution in [3.8, 4) is 0 Å². The minimum absolute atomic E-state index is 0.101. The van der Waals surface area contributed by atoms with Crippen molar-refractivity contribution in [3.63, 3.8) is 0 Å². The van der Waals surface area contributed by atoms with Crippen molar-refractivity contribution in [1.29, 1.82) is 0 Å². The van der Waals surface area contributed by atoms with E-state index in [1.165, 1.54) is 89.9 Å². The molecular weight excluding hydrogens is 1080 g/mol. The molecule has 19 heteroatoms. The van der Waals surface area contributed by atoms with E-state index in [0.717, 1.165) is 108 Å². The van der Waals surface area contributed by atoms with E-state index in [2.05, 4.69) is 55.4 Å². The van der Waals surface area contributed by atoms with Gasteiger partial charge in [-0.25, -0.2) is 9.13 Å². The average molecular weight is 1200 g/mol. The number of esters is 4. The van der Waals surface area contributed by atoms with Gasteiger partial charge in [0.1, 0.15) is 19.3 Å². The maximum absolute atomic E-state index is 12.9. The second-order valence-electron chi connectivity index (χ2n) is 23.9. The fourth-order valence-electron chi connectivity index (χ4n) is 9.01. The number of phosphoric acid groups is 2. The second kappa shape index (κ2) is 52.4. The fraction of sp³-hybridized carbons (Fsp3) is 0.935. The van der Waals surface area contributed by atoms with Crippen LogP contribution in [0.15, 0.2) is 0 Å². The molecule has 0 aliphatic carbocycles. The maximum Gasteiger partial charge on any atom is 0.472 e. The van der Waals surface area contributed by atoms with Crippen molar-refractivity contribution in [2.24, 2.45) is 23.7 Å². The average Bonchev–Trinajstić information content (AvgIpc) is 3.42. The van der Waals surface area contributed by atoms with Gasteiger partial charge >= 0.3 is 39.5 Å². The summed E-state index contributed by atoms with van der Waals surface area (Å²) in [5, 5.41) is 10.5. The first-order valence-electron chi connectivity index (χ1n) is 32.3. The van der Waals surface area contributed by atoms with Gasteiger partial charge in [-0.2, -0.15) is 0 Å². The van der Waals surface area contributed by atoms with Gasteiger partial charge in [0.25, 0.3) is 0 Å². The summed E-state index contributed by atoms with van der Waals surface area (Å²) in [5.41, 5.74) is 0. The predicted octanol–water partition coefficient (Wildman–Crippen LogP) is 16.6. The summed E-state index contributed by atoms with van der Waals surface area (Å²) in [6.07, 6.45) is 31.0. The summed E-state index contributed by atoms with van der Waals surface area (Å²) >= 11 is 0. The van der Waals surface area contributed by atoms with E-state index in [9.17, 15) is 43.2 Å². The Hall–Kier alpha value is -1.94. The lowest BCUT2D eigenvalue weighted by molar-refractivity contribution is -0.161. The highest BCUT2D eigenvalue weighted by molar-refractivity contribution is 7.47. The van der Waals surface area contributed by atoms with E-state index in [1.54, 1.807) is 0 Å². The highest BCUT2D eigenvalue weighted by Crippen LogP contribution is 2.45. The molecule has 0 aliphatic rings. The Labute approximate surface area is 492 Å². The van der Waals surface area contributed by atoms with Gasteiger partial charge in [-0.05, 0) is 49.4 Å². The third kappa shape index (κ3) is 54.5. The lowest BCUT2D eigenvalue weighted by atomic mass is 9.99. The van der Waals surface area contributed by atoms with Crippen molar-refractivity contribution in [2.45, 2.75) is 311 Å². The zero-order valence-corrected chi connectivity index (χ0v) is 54.2. The smallest absolute Gasteiger partial charge is 0.462 e. The van der Waals surface area contributed by atoms with Crippen LogP contribution in [-0.2, 0) is 65.4 Å². The number of phosphoric ester groups is 2. The number of aliphatic hydroxyl groups is 1. The van der Waals surface area contributed by atoms with Crippen LogP contribution in [0.5, 0.6) is 0 Å². The van der Waals surface area contributed by atoms with Crippen LogP contribution < -0.4 is 0 Å². The van der Waals surface area contributed by atoms with E-state index in [1.807, 2.05) is 0 Å². The first-order valence-corrected chi connectivity index (χ1v) is 35.3. The van der Waals surface area contributed by atoms with E-state index < -0.39 is 97.5 Å². The van der Waals surface area contributed by atoms with Crippen LogP contribution in [0.25, 0.3) is 0 Å². The zero-order chi connectivity index (χ0) is 60.4. The third-order valence-corrected chi connectivity index (χ3v) is 16.7. The molecular formula is C62H120O17P2. The Bertz CT molecular complexity index is 1630. The molecule has 0 fully saturated rings. The number of ether oxygens (including phenoxy) is 4. The van der Waals surface area contributed by atoms with E-state index in [0.29, 0.717) is 37.5 Å². The molecule has 0 bridgehead atoms. The number of hydrogen-bond donors (Lipinski definition) is 3. The summed E-state index contributed by atoms with van der Waals surface area (Å²) < 4.78 is 67.9. The van der Waals surface area contributed by atoms with E-state index >= 15 is 0 Å². The van der Waals surface area contributed by atoms with E-state index in [-0.39, 0.29) is 25.7 Å². The summed E-state index contributed by atoms with van der Waals surface area (Å²) in [7, 11) is -9.88. The largest absolute Gasteiger partial charge is 0.472 e. The normalized spacial score (nSPS) is 15.2. The van der Waals surface area contributed by atoms with Crippen molar-refractivity contribution in [2.75, 3.05) is 39.6 Å². The third-order valence-electron chi connectivity index (χ3n) is 14.8. The lowest BCUT2D eigenvalue weighted by Crippen LogP contribution is -2.30. The van der Waals surface area contributed by atoms with Gasteiger partial charge in [0, 0.05) is 25.7 Å².